The fourth-order valence-corrected chi connectivity index (χ4v) is 2.90. The van der Waals surface area contributed by atoms with E-state index in [1.54, 1.807) is 0 Å². The number of rotatable bonds is 4. The summed E-state index contributed by atoms with van der Waals surface area (Å²) < 4.78 is 1.97. The molecule has 0 amide bonds. The zero-order valence-corrected chi connectivity index (χ0v) is 12.8. The number of aryl methyl sites for hydroxylation is 1. The summed E-state index contributed by atoms with van der Waals surface area (Å²) in [5, 5.41) is 5.86. The third-order valence-electron chi connectivity index (χ3n) is 4.12. The Bertz CT molecular complexity index is 751. The number of benzene rings is 1. The Morgan fingerprint density at radius 1 is 1.29 bits per heavy atom. The summed E-state index contributed by atoms with van der Waals surface area (Å²) in [6.07, 6.45) is 2.07. The average Bonchev–Trinajstić information content (AvgIpc) is 3.06. The lowest BCUT2D eigenvalue weighted by Crippen LogP contribution is -2.16. The Balaban J connectivity index is 2.10. The number of fused-ring (bicyclic) bond motifs is 1. The van der Waals surface area contributed by atoms with Crippen LogP contribution in [-0.2, 0) is 7.05 Å². The van der Waals surface area contributed by atoms with Crippen molar-refractivity contribution >= 4 is 10.9 Å². The van der Waals surface area contributed by atoms with Crippen molar-refractivity contribution < 1.29 is 0 Å². The number of nitrogens with one attached hydrogen (secondary N) is 1. The highest BCUT2D eigenvalue weighted by atomic mass is 15.3. The number of H-pyrrole nitrogens is 1. The van der Waals surface area contributed by atoms with Crippen LogP contribution in [0.5, 0.6) is 0 Å². The van der Waals surface area contributed by atoms with E-state index in [1.165, 1.54) is 16.6 Å². The van der Waals surface area contributed by atoms with Gasteiger partial charge in [0.1, 0.15) is 0 Å². The number of nitrogens with two attached hydrogens (primary N) is 1. The molecule has 1 aromatic carbocycles. The molecule has 0 fully saturated rings. The van der Waals surface area contributed by atoms with E-state index in [0.29, 0.717) is 12.5 Å². The van der Waals surface area contributed by atoms with Crippen molar-refractivity contribution in [3.8, 4) is 0 Å². The van der Waals surface area contributed by atoms with E-state index in [0.717, 1.165) is 11.2 Å². The minimum atomic E-state index is 0.158. The van der Waals surface area contributed by atoms with Gasteiger partial charge in [0.05, 0.1) is 5.69 Å². The lowest BCUT2D eigenvalue weighted by atomic mass is 9.94. The highest BCUT2D eigenvalue weighted by molar-refractivity contribution is 5.84. The first-order chi connectivity index (χ1) is 10.1. The van der Waals surface area contributed by atoms with Crippen LogP contribution in [-0.4, -0.2) is 21.3 Å². The van der Waals surface area contributed by atoms with Crippen LogP contribution >= 0.6 is 0 Å². The van der Waals surface area contributed by atoms with E-state index in [9.17, 15) is 0 Å². The normalized spacial score (nSPS) is 13.2. The fourth-order valence-electron chi connectivity index (χ4n) is 2.90. The van der Waals surface area contributed by atoms with Crippen LogP contribution in [0.3, 0.4) is 0 Å². The molecule has 0 bridgehead atoms. The Labute approximate surface area is 125 Å². The molecule has 0 aliphatic carbocycles. The van der Waals surface area contributed by atoms with E-state index in [4.69, 9.17) is 5.73 Å². The number of nitrogens with zero attached hydrogens (tertiary/aromatic N) is 2. The second kappa shape index (κ2) is 5.37. The minimum absolute atomic E-state index is 0.158. The second-order valence-corrected chi connectivity index (χ2v) is 5.85. The molecule has 0 saturated carbocycles. The zero-order chi connectivity index (χ0) is 15.0. The molecule has 21 heavy (non-hydrogen) atoms. The predicted octanol–water partition coefficient (Wildman–Crippen LogP) is 3.12. The predicted molar refractivity (Wildman–Crippen MR) is 86.5 cm³/mol. The monoisotopic (exact) mass is 282 g/mol. The summed E-state index contributed by atoms with van der Waals surface area (Å²) in [5.74, 6) is 0.581. The van der Waals surface area contributed by atoms with Gasteiger partial charge in [-0.25, -0.2) is 0 Å². The second-order valence-electron chi connectivity index (χ2n) is 5.85. The summed E-state index contributed by atoms with van der Waals surface area (Å²) in [7, 11) is 2.00. The first-order valence-electron chi connectivity index (χ1n) is 7.41. The maximum absolute atomic E-state index is 6.09. The van der Waals surface area contributed by atoms with Gasteiger partial charge in [-0.15, -0.1) is 0 Å². The molecular formula is C17H22N4. The van der Waals surface area contributed by atoms with Crippen LogP contribution in [0, 0.1) is 0 Å². The van der Waals surface area contributed by atoms with Gasteiger partial charge in [0.15, 0.2) is 0 Å². The molecular weight excluding hydrogens is 260 g/mol. The maximum atomic E-state index is 6.09. The molecule has 4 nitrogen and oxygen atoms in total. The van der Waals surface area contributed by atoms with E-state index in [1.807, 2.05) is 17.8 Å². The molecule has 3 N–H and O–H groups in total. The fraction of sp³-hybridized carbons (Fsp3) is 0.353. The van der Waals surface area contributed by atoms with Crippen molar-refractivity contribution in [1.29, 1.82) is 0 Å². The van der Waals surface area contributed by atoms with Gasteiger partial charge in [-0.2, -0.15) is 5.10 Å². The zero-order valence-electron chi connectivity index (χ0n) is 12.8. The SMILES string of the molecule is CC(C)c1cc(C(CN)c2c[nH]c3ccccc23)n(C)n1. The number of aromatic amines is 1. The molecule has 1 atom stereocenters. The molecule has 0 radical (unpaired) electrons. The number of hydrogen-bond acceptors (Lipinski definition) is 2. The summed E-state index contributed by atoms with van der Waals surface area (Å²) in [5.41, 5.74) is 10.8. The highest BCUT2D eigenvalue weighted by Crippen LogP contribution is 2.31. The lowest BCUT2D eigenvalue weighted by molar-refractivity contribution is 0.651. The van der Waals surface area contributed by atoms with Crippen molar-refractivity contribution in [3.63, 3.8) is 0 Å². The Morgan fingerprint density at radius 2 is 2.05 bits per heavy atom. The van der Waals surface area contributed by atoms with Gasteiger partial charge < -0.3 is 10.7 Å². The van der Waals surface area contributed by atoms with Gasteiger partial charge >= 0.3 is 0 Å². The number of aromatic nitrogens is 3. The first-order valence-corrected chi connectivity index (χ1v) is 7.41. The van der Waals surface area contributed by atoms with E-state index in [2.05, 4.69) is 54.4 Å². The van der Waals surface area contributed by atoms with Gasteiger partial charge in [-0.1, -0.05) is 32.0 Å². The molecule has 3 aromatic rings. The molecule has 110 valence electrons. The quantitative estimate of drug-likeness (QED) is 0.772. The van der Waals surface area contributed by atoms with Crippen molar-refractivity contribution in [1.82, 2.24) is 14.8 Å². The summed E-state index contributed by atoms with van der Waals surface area (Å²) in [6.45, 7) is 4.89. The summed E-state index contributed by atoms with van der Waals surface area (Å²) >= 11 is 0. The van der Waals surface area contributed by atoms with Crippen molar-refractivity contribution in [2.45, 2.75) is 25.7 Å². The number of para-hydroxylation sites is 1. The van der Waals surface area contributed by atoms with Gasteiger partial charge in [0.25, 0.3) is 0 Å². The van der Waals surface area contributed by atoms with Gasteiger partial charge in [-0.05, 0) is 23.6 Å². The number of hydrogen-bond donors (Lipinski definition) is 2. The molecule has 4 heteroatoms. The van der Waals surface area contributed by atoms with Crippen LogP contribution < -0.4 is 5.73 Å². The summed E-state index contributed by atoms with van der Waals surface area (Å²) in [6, 6.07) is 10.5. The molecule has 0 aliphatic heterocycles. The van der Waals surface area contributed by atoms with E-state index < -0.39 is 0 Å². The van der Waals surface area contributed by atoms with E-state index >= 15 is 0 Å². The Hall–Kier alpha value is -2.07. The summed E-state index contributed by atoms with van der Waals surface area (Å²) in [4.78, 5) is 3.34. The maximum Gasteiger partial charge on any atom is 0.0653 e. The van der Waals surface area contributed by atoms with Crippen molar-refractivity contribution in [2.75, 3.05) is 6.54 Å². The minimum Gasteiger partial charge on any atom is -0.361 e. The first kappa shape index (κ1) is 13.9. The van der Waals surface area contributed by atoms with Crippen LogP contribution in [0.2, 0.25) is 0 Å². The molecule has 0 spiro atoms. The van der Waals surface area contributed by atoms with Crippen LogP contribution in [0.4, 0.5) is 0 Å². The Morgan fingerprint density at radius 3 is 2.71 bits per heavy atom. The topological polar surface area (TPSA) is 59.6 Å². The molecule has 1 unspecified atom stereocenters. The van der Waals surface area contributed by atoms with Crippen LogP contribution in [0.25, 0.3) is 10.9 Å². The largest absolute Gasteiger partial charge is 0.361 e. The van der Waals surface area contributed by atoms with Gasteiger partial charge in [0, 0.05) is 42.3 Å². The molecule has 0 saturated heterocycles. The molecule has 2 aromatic heterocycles. The van der Waals surface area contributed by atoms with Gasteiger partial charge in [0.2, 0.25) is 0 Å². The van der Waals surface area contributed by atoms with Crippen LogP contribution in [0.15, 0.2) is 36.5 Å². The molecule has 2 heterocycles. The highest BCUT2D eigenvalue weighted by Gasteiger charge is 2.21. The lowest BCUT2D eigenvalue weighted by Gasteiger charge is -2.14. The van der Waals surface area contributed by atoms with E-state index in [-0.39, 0.29) is 5.92 Å². The molecule has 0 aliphatic rings. The van der Waals surface area contributed by atoms with Crippen molar-refractivity contribution in [3.05, 3.63) is 53.5 Å². The third kappa shape index (κ3) is 2.36. The van der Waals surface area contributed by atoms with Gasteiger partial charge in [-0.3, -0.25) is 4.68 Å². The van der Waals surface area contributed by atoms with Crippen LogP contribution in [0.1, 0.15) is 42.6 Å². The third-order valence-corrected chi connectivity index (χ3v) is 4.12. The average molecular weight is 282 g/mol. The van der Waals surface area contributed by atoms with Crippen molar-refractivity contribution in [2.24, 2.45) is 12.8 Å². The Kier molecular flexibility index (Phi) is 3.55. The smallest absolute Gasteiger partial charge is 0.0653 e. The standard InChI is InChI=1S/C17H22N4/c1-11(2)16-8-17(21(3)20-16)13(9-18)14-10-19-15-7-5-4-6-12(14)15/h4-8,10-11,13,19H,9,18H2,1-3H3. The molecule has 3 rings (SSSR count).